The minimum Gasteiger partial charge on any atom is -0.369 e. The van der Waals surface area contributed by atoms with E-state index in [-0.39, 0.29) is 5.82 Å². The molecule has 0 saturated carbocycles. The smallest absolute Gasteiger partial charge is 0.232 e. The van der Waals surface area contributed by atoms with E-state index < -0.39 is 11.8 Å². The van der Waals surface area contributed by atoms with Gasteiger partial charge in [-0.1, -0.05) is 35.5 Å². The molecule has 0 bridgehead atoms. The minimum absolute atomic E-state index is 0.286. The van der Waals surface area contributed by atoms with E-state index in [1.54, 1.807) is 12.1 Å². The van der Waals surface area contributed by atoms with Gasteiger partial charge >= 0.3 is 0 Å². The summed E-state index contributed by atoms with van der Waals surface area (Å²) in [5.41, 5.74) is 6.06. The van der Waals surface area contributed by atoms with Gasteiger partial charge in [0.05, 0.1) is 0 Å². The summed E-state index contributed by atoms with van der Waals surface area (Å²) in [7, 11) is 0. The number of carbonyl (C=O) groups excluding carboxylic acids is 1. The lowest BCUT2D eigenvalue weighted by molar-refractivity contribution is -0.118. The highest BCUT2D eigenvalue weighted by molar-refractivity contribution is 5.84. The molecule has 3 N–H and O–H groups in total. The van der Waals surface area contributed by atoms with E-state index >= 15 is 0 Å². The zero-order valence-corrected chi connectivity index (χ0v) is 7.79. The molecule has 2 rings (SSSR count). The molecule has 6 nitrogen and oxygen atoms in total. The van der Waals surface area contributed by atoms with Crippen LogP contribution in [0.15, 0.2) is 30.3 Å². The summed E-state index contributed by atoms with van der Waals surface area (Å²) in [6.07, 6.45) is 0. The average molecular weight is 203 g/mol. The van der Waals surface area contributed by atoms with E-state index in [1.807, 2.05) is 18.2 Å². The highest BCUT2D eigenvalue weighted by atomic mass is 16.1. The van der Waals surface area contributed by atoms with Gasteiger partial charge < -0.3 is 5.73 Å². The van der Waals surface area contributed by atoms with Gasteiger partial charge in [-0.25, -0.2) is 0 Å². The van der Waals surface area contributed by atoms with Crippen LogP contribution in [0.3, 0.4) is 0 Å². The number of aromatic nitrogens is 4. The standard InChI is InChI=1S/C9H9N5O/c10-8(15)7(9-11-13-14-12-9)6-4-2-1-3-5-6/h1-5,7H,(H2,10,15)(H,11,12,13,14). The van der Waals surface area contributed by atoms with Gasteiger partial charge in [0.25, 0.3) is 0 Å². The maximum atomic E-state index is 11.3. The molecule has 0 aliphatic rings. The number of primary amides is 1. The van der Waals surface area contributed by atoms with Crippen LogP contribution >= 0.6 is 0 Å². The molecule has 1 heterocycles. The molecule has 0 aliphatic heterocycles. The average Bonchev–Trinajstić information content (AvgIpc) is 2.72. The zero-order valence-electron chi connectivity index (χ0n) is 7.79. The Morgan fingerprint density at radius 2 is 2.07 bits per heavy atom. The summed E-state index contributed by atoms with van der Waals surface area (Å²) in [6.45, 7) is 0. The number of H-pyrrole nitrogens is 1. The molecule has 76 valence electrons. The summed E-state index contributed by atoms with van der Waals surface area (Å²) < 4.78 is 0. The lowest BCUT2D eigenvalue weighted by atomic mass is 9.98. The number of aromatic amines is 1. The van der Waals surface area contributed by atoms with Gasteiger partial charge in [-0.2, -0.15) is 5.21 Å². The Balaban J connectivity index is 2.42. The Bertz CT molecular complexity index is 439. The number of carbonyl (C=O) groups is 1. The van der Waals surface area contributed by atoms with E-state index in [0.29, 0.717) is 0 Å². The number of amides is 1. The third kappa shape index (κ3) is 1.83. The molecule has 1 aromatic heterocycles. The van der Waals surface area contributed by atoms with Gasteiger partial charge in [0.15, 0.2) is 5.82 Å². The third-order valence-electron chi connectivity index (χ3n) is 2.04. The Hall–Kier alpha value is -2.24. The number of nitrogens with two attached hydrogens (primary N) is 1. The molecule has 0 fully saturated rings. The Kier molecular flexibility index (Phi) is 2.40. The van der Waals surface area contributed by atoms with Crippen molar-refractivity contribution in [2.45, 2.75) is 5.92 Å². The molecule has 1 unspecified atom stereocenters. The molecule has 2 aromatic rings. The zero-order chi connectivity index (χ0) is 10.7. The third-order valence-corrected chi connectivity index (χ3v) is 2.04. The molecule has 1 amide bonds. The van der Waals surface area contributed by atoms with Crippen LogP contribution in [-0.2, 0) is 4.79 Å². The lowest BCUT2D eigenvalue weighted by Crippen LogP contribution is -2.23. The van der Waals surface area contributed by atoms with E-state index in [4.69, 9.17) is 5.73 Å². The maximum Gasteiger partial charge on any atom is 0.232 e. The summed E-state index contributed by atoms with van der Waals surface area (Å²) >= 11 is 0. The first-order valence-corrected chi connectivity index (χ1v) is 4.36. The van der Waals surface area contributed by atoms with Crippen molar-refractivity contribution in [1.82, 2.24) is 20.6 Å². The van der Waals surface area contributed by atoms with Gasteiger partial charge in [-0.15, -0.1) is 10.2 Å². The first kappa shape index (κ1) is 9.32. The molecular formula is C9H9N5O. The highest BCUT2D eigenvalue weighted by Crippen LogP contribution is 2.19. The lowest BCUT2D eigenvalue weighted by Gasteiger charge is -2.08. The molecule has 0 radical (unpaired) electrons. The molecule has 15 heavy (non-hydrogen) atoms. The predicted octanol–water partition coefficient (Wildman–Crippen LogP) is -0.183. The van der Waals surface area contributed by atoms with E-state index in [2.05, 4.69) is 20.6 Å². The molecule has 1 atom stereocenters. The first-order valence-electron chi connectivity index (χ1n) is 4.36. The van der Waals surface area contributed by atoms with Crippen molar-refractivity contribution in [2.24, 2.45) is 5.73 Å². The fourth-order valence-corrected chi connectivity index (χ4v) is 1.38. The summed E-state index contributed by atoms with van der Waals surface area (Å²) in [5, 5.41) is 13.2. The van der Waals surface area contributed by atoms with E-state index in [9.17, 15) is 4.79 Å². The van der Waals surface area contributed by atoms with Gasteiger partial charge in [0.1, 0.15) is 5.92 Å². The number of hydrogen-bond donors (Lipinski definition) is 2. The number of tetrazole rings is 1. The molecule has 0 aliphatic carbocycles. The summed E-state index contributed by atoms with van der Waals surface area (Å²) in [4.78, 5) is 11.3. The van der Waals surface area contributed by atoms with Crippen molar-refractivity contribution in [1.29, 1.82) is 0 Å². The molecule has 6 heteroatoms. The van der Waals surface area contributed by atoms with Crippen molar-refractivity contribution in [2.75, 3.05) is 0 Å². The second kappa shape index (κ2) is 3.87. The first-order chi connectivity index (χ1) is 7.29. The fraction of sp³-hybridized carbons (Fsp3) is 0.111. The number of rotatable bonds is 3. The number of nitrogens with one attached hydrogen (secondary N) is 1. The normalized spacial score (nSPS) is 12.3. The Labute approximate surface area is 85.5 Å². The molecular weight excluding hydrogens is 194 g/mol. The van der Waals surface area contributed by atoms with Crippen LogP contribution in [0, 0.1) is 0 Å². The number of benzene rings is 1. The van der Waals surface area contributed by atoms with Crippen LogP contribution in [0.5, 0.6) is 0 Å². The van der Waals surface area contributed by atoms with Crippen LogP contribution < -0.4 is 5.73 Å². The number of hydrogen-bond acceptors (Lipinski definition) is 4. The maximum absolute atomic E-state index is 11.3. The van der Waals surface area contributed by atoms with E-state index in [0.717, 1.165) is 5.56 Å². The summed E-state index contributed by atoms with van der Waals surface area (Å²) in [6, 6.07) is 9.10. The van der Waals surface area contributed by atoms with Crippen LogP contribution in [0.1, 0.15) is 17.3 Å². The fourth-order valence-electron chi connectivity index (χ4n) is 1.38. The molecule has 1 aromatic carbocycles. The molecule has 0 spiro atoms. The van der Waals surface area contributed by atoms with Crippen LogP contribution in [-0.4, -0.2) is 26.5 Å². The predicted molar refractivity (Wildman–Crippen MR) is 51.7 cm³/mol. The van der Waals surface area contributed by atoms with Crippen molar-refractivity contribution in [3.63, 3.8) is 0 Å². The summed E-state index contributed by atoms with van der Waals surface area (Å²) in [5.74, 6) is -0.860. The largest absolute Gasteiger partial charge is 0.369 e. The minimum atomic E-state index is -0.648. The van der Waals surface area contributed by atoms with Crippen molar-refractivity contribution >= 4 is 5.91 Å². The Morgan fingerprint density at radius 3 is 2.60 bits per heavy atom. The second-order valence-corrected chi connectivity index (χ2v) is 3.02. The SMILES string of the molecule is NC(=O)C(c1ccccc1)c1nn[nH]n1. The molecule has 0 saturated heterocycles. The topological polar surface area (TPSA) is 97.5 Å². The van der Waals surface area contributed by atoms with Crippen molar-refractivity contribution < 1.29 is 4.79 Å². The Morgan fingerprint density at radius 1 is 1.33 bits per heavy atom. The second-order valence-electron chi connectivity index (χ2n) is 3.02. The van der Waals surface area contributed by atoms with Crippen molar-refractivity contribution in [3.8, 4) is 0 Å². The van der Waals surface area contributed by atoms with Gasteiger partial charge in [-0.3, -0.25) is 4.79 Å². The van der Waals surface area contributed by atoms with Gasteiger partial charge in [-0.05, 0) is 5.56 Å². The van der Waals surface area contributed by atoms with Crippen LogP contribution in [0.2, 0.25) is 0 Å². The quantitative estimate of drug-likeness (QED) is 0.722. The van der Waals surface area contributed by atoms with Crippen LogP contribution in [0.4, 0.5) is 0 Å². The van der Waals surface area contributed by atoms with Crippen molar-refractivity contribution in [3.05, 3.63) is 41.7 Å². The van der Waals surface area contributed by atoms with Gasteiger partial charge in [0.2, 0.25) is 5.91 Å². The van der Waals surface area contributed by atoms with Crippen LogP contribution in [0.25, 0.3) is 0 Å². The monoisotopic (exact) mass is 203 g/mol. The highest BCUT2D eigenvalue weighted by Gasteiger charge is 2.23. The van der Waals surface area contributed by atoms with E-state index in [1.165, 1.54) is 0 Å². The number of nitrogens with zero attached hydrogens (tertiary/aromatic N) is 3. The van der Waals surface area contributed by atoms with Gasteiger partial charge in [0, 0.05) is 0 Å².